The molecule has 0 atom stereocenters. The number of phosphoric ester groups is 1. The van der Waals surface area contributed by atoms with Crippen molar-refractivity contribution in [2.24, 2.45) is 0 Å². The molecule has 0 aliphatic rings. The van der Waals surface area contributed by atoms with Gasteiger partial charge in [0, 0.05) is 0 Å². The molecule has 0 bridgehead atoms. The Bertz CT molecular complexity index is 830. The van der Waals surface area contributed by atoms with Gasteiger partial charge in [-0.1, -0.05) is 91.0 Å². The molecule has 0 spiro atoms. The summed E-state index contributed by atoms with van der Waals surface area (Å²) in [5, 5.41) is 0. The van der Waals surface area contributed by atoms with Crippen molar-refractivity contribution in [3.63, 3.8) is 0 Å². The average molecular weight is 438 g/mol. The van der Waals surface area contributed by atoms with Crippen molar-refractivity contribution in [1.82, 2.24) is 0 Å². The molecule has 3 aromatic rings. The van der Waals surface area contributed by atoms with Gasteiger partial charge in [-0.3, -0.25) is 4.52 Å². The van der Waals surface area contributed by atoms with E-state index in [1.54, 1.807) is 36.4 Å². The van der Waals surface area contributed by atoms with Crippen LogP contribution in [0.5, 0.6) is 0 Å². The summed E-state index contributed by atoms with van der Waals surface area (Å²) in [4.78, 5) is 19.3. The molecule has 0 radical (unpaired) electrons. The van der Waals surface area contributed by atoms with Gasteiger partial charge in [-0.25, -0.2) is 4.57 Å². The van der Waals surface area contributed by atoms with Crippen LogP contribution in [0.2, 0.25) is 0 Å². The third-order valence-corrected chi connectivity index (χ3v) is 4.31. The predicted molar refractivity (Wildman–Crippen MR) is 97.5 cm³/mol. The van der Waals surface area contributed by atoms with Crippen LogP contribution in [-0.2, 0) is 36.6 Å². The Labute approximate surface area is 169 Å². The molecule has 0 saturated heterocycles. The number of hydrogen-bond acceptors (Lipinski definition) is 3. The van der Waals surface area contributed by atoms with Crippen LogP contribution < -0.4 is 0 Å². The molecule has 28 heavy (non-hydrogen) atoms. The zero-order valence-electron chi connectivity index (χ0n) is 14.6. The molecule has 3 rings (SSSR count). The Morgan fingerprint density at radius 1 is 0.679 bits per heavy atom. The van der Waals surface area contributed by atoms with Gasteiger partial charge in [0.05, 0.1) is 0 Å². The standard InChI is InChI=1S/C19H17O4P.2H2O.O.Ti/c20-24(21,22)23-19(16-10-4-1-5-11-16,17-12-6-2-7-13-17)18-14-8-3-9-15-18;;;;/h1-15H,(H2,20,21,22);2*1H2;;/q;;;;+2/p-2. The van der Waals surface area contributed by atoms with E-state index in [1.807, 2.05) is 54.6 Å². The van der Waals surface area contributed by atoms with Crippen LogP contribution in [0, 0.1) is 0 Å². The van der Waals surface area contributed by atoms with Crippen LogP contribution in [0.3, 0.4) is 0 Å². The first kappa shape index (κ1) is 22.5. The van der Waals surface area contributed by atoms with Gasteiger partial charge in [0.1, 0.15) is 0 Å². The molecular formula is C19H19O7PTi. The summed E-state index contributed by atoms with van der Waals surface area (Å²) >= 11 is -3.58. The predicted octanol–water partition coefficient (Wildman–Crippen LogP) is 2.85. The number of phosphoric acid groups is 1. The van der Waals surface area contributed by atoms with Crippen LogP contribution in [0.1, 0.15) is 16.7 Å². The van der Waals surface area contributed by atoms with Gasteiger partial charge in [0.15, 0.2) is 5.60 Å². The minimum absolute atomic E-state index is 0.644. The van der Waals surface area contributed by atoms with E-state index in [0.717, 1.165) is 0 Å². The molecule has 0 aliphatic carbocycles. The molecule has 4 N–H and O–H groups in total. The fourth-order valence-corrected chi connectivity index (χ4v) is 3.53. The third-order valence-electron chi connectivity index (χ3n) is 3.80. The van der Waals surface area contributed by atoms with E-state index < -0.39 is 32.0 Å². The Morgan fingerprint density at radius 3 is 1.14 bits per heavy atom. The fourth-order valence-electron chi connectivity index (χ4n) is 2.86. The summed E-state index contributed by atoms with van der Waals surface area (Å²) in [6, 6.07) is 27.3. The van der Waals surface area contributed by atoms with Crippen molar-refractivity contribution in [2.75, 3.05) is 0 Å². The van der Waals surface area contributed by atoms with Crippen LogP contribution in [0.15, 0.2) is 91.0 Å². The van der Waals surface area contributed by atoms with Crippen molar-refractivity contribution in [3.8, 4) is 0 Å². The molecule has 0 aliphatic heterocycles. The van der Waals surface area contributed by atoms with Crippen LogP contribution in [-0.4, -0.2) is 17.2 Å². The average Bonchev–Trinajstić information content (AvgIpc) is 2.67. The summed E-state index contributed by atoms with van der Waals surface area (Å²) in [7, 11) is -4.78. The summed E-state index contributed by atoms with van der Waals surface area (Å²) in [5.74, 6) is 0. The maximum atomic E-state index is 11.8. The molecule has 0 aromatic heterocycles. The van der Waals surface area contributed by atoms with Gasteiger partial charge in [-0.2, -0.15) is 0 Å². The molecular weight excluding hydrogens is 419 g/mol. The normalized spacial score (nSPS) is 11.3. The Morgan fingerprint density at radius 2 is 0.929 bits per heavy atom. The Hall–Kier alpha value is -1.80. The second-order valence-corrected chi connectivity index (χ2v) is 7.69. The first-order valence-corrected chi connectivity index (χ1v) is 11.7. The zero-order valence-corrected chi connectivity index (χ0v) is 17.1. The maximum absolute atomic E-state index is 11.8. The monoisotopic (exact) mass is 438 g/mol. The Balaban J connectivity index is 0.000000640. The van der Waals surface area contributed by atoms with E-state index in [4.69, 9.17) is 15.2 Å². The molecule has 0 heterocycles. The van der Waals surface area contributed by atoms with E-state index in [-0.39, 0.29) is 0 Å². The molecule has 146 valence electrons. The number of benzene rings is 3. The first-order chi connectivity index (χ1) is 13.3. The summed E-state index contributed by atoms with van der Waals surface area (Å²) in [5.41, 5.74) is 0.533. The minimum atomic E-state index is -4.78. The molecule has 0 unspecified atom stereocenters. The van der Waals surface area contributed by atoms with Crippen LogP contribution in [0.25, 0.3) is 0 Å². The molecule has 7 nitrogen and oxygen atoms in total. The van der Waals surface area contributed by atoms with Crippen molar-refractivity contribution < 1.29 is 48.2 Å². The van der Waals surface area contributed by atoms with Gasteiger partial charge < -0.3 is 9.79 Å². The van der Waals surface area contributed by atoms with Gasteiger partial charge in [-0.15, -0.1) is 0 Å². The number of rotatable bonds is 5. The van der Waals surface area contributed by atoms with E-state index in [1.165, 1.54) is 0 Å². The van der Waals surface area contributed by atoms with E-state index >= 15 is 0 Å². The topological polar surface area (TPSA) is 124 Å². The van der Waals surface area contributed by atoms with Crippen molar-refractivity contribution in [2.45, 2.75) is 5.60 Å². The second kappa shape index (κ2) is 10.1. The molecule has 3 aromatic carbocycles. The second-order valence-electron chi connectivity index (χ2n) is 5.64. The van der Waals surface area contributed by atoms with Gasteiger partial charge in [0.2, 0.25) is 0 Å². The zero-order chi connectivity index (χ0) is 20.6. The summed E-state index contributed by atoms with van der Waals surface area (Å²) in [6.45, 7) is 0. The molecule has 0 saturated carbocycles. The SMILES string of the molecule is O=P(O)(O)OC(c1ccccc1)(c1ccccc1)c1ccccc1.[O]=[Ti]([OH])[OH]. The fraction of sp³-hybridized carbons (Fsp3) is 0.0526. The third kappa shape index (κ3) is 6.10. The summed E-state index contributed by atoms with van der Waals surface area (Å²) in [6.07, 6.45) is 0. The summed E-state index contributed by atoms with van der Waals surface area (Å²) < 4.78 is 40.5. The van der Waals surface area contributed by atoms with E-state index in [2.05, 4.69) is 0 Å². The first-order valence-electron chi connectivity index (χ1n) is 8.10. The van der Waals surface area contributed by atoms with E-state index in [0.29, 0.717) is 16.7 Å². The number of hydrogen-bond donors (Lipinski definition) is 4. The Kier molecular flexibility index (Phi) is 8.13. The van der Waals surface area contributed by atoms with Crippen molar-refractivity contribution in [1.29, 1.82) is 0 Å². The molecule has 9 heteroatoms. The van der Waals surface area contributed by atoms with Crippen molar-refractivity contribution >= 4 is 7.82 Å². The van der Waals surface area contributed by atoms with Crippen LogP contribution in [0.4, 0.5) is 0 Å². The molecule has 0 fully saturated rings. The van der Waals surface area contributed by atoms with Gasteiger partial charge in [0.25, 0.3) is 0 Å². The van der Waals surface area contributed by atoms with Gasteiger partial charge in [-0.05, 0) is 16.7 Å². The molecule has 0 amide bonds. The van der Waals surface area contributed by atoms with Crippen LogP contribution >= 0.6 is 7.82 Å². The quantitative estimate of drug-likeness (QED) is 0.274. The van der Waals surface area contributed by atoms with Gasteiger partial charge >= 0.3 is 37.1 Å². The van der Waals surface area contributed by atoms with Crippen molar-refractivity contribution in [3.05, 3.63) is 108 Å². The van der Waals surface area contributed by atoms with E-state index in [9.17, 15) is 14.4 Å².